The number of carbonyl (C=O) groups is 2. The van der Waals surface area contributed by atoms with Crippen LogP contribution < -0.4 is 5.32 Å². The number of hydrogen-bond donors (Lipinski definition) is 6. The van der Waals surface area contributed by atoms with E-state index in [1.54, 1.807) is 6.08 Å². The van der Waals surface area contributed by atoms with Crippen molar-refractivity contribution in [1.29, 1.82) is 0 Å². The molecule has 0 aromatic carbocycles. The van der Waals surface area contributed by atoms with Crippen molar-refractivity contribution < 1.29 is 49.3 Å². The molecule has 1 fully saturated rings. The second kappa shape index (κ2) is 60.1. The summed E-state index contributed by atoms with van der Waals surface area (Å²) >= 11 is 0. The number of allylic oxidation sites excluding steroid dienone is 9. The summed E-state index contributed by atoms with van der Waals surface area (Å²) in [5.74, 6) is -0.199. The number of rotatable bonds is 60. The fourth-order valence-electron chi connectivity index (χ4n) is 10.6. The topological polar surface area (TPSA) is 175 Å². The predicted molar refractivity (Wildman–Crippen MR) is 343 cm³/mol. The van der Waals surface area contributed by atoms with E-state index in [9.17, 15) is 35.1 Å². The first kappa shape index (κ1) is 77.4. The van der Waals surface area contributed by atoms with E-state index >= 15 is 0 Å². The number of esters is 1. The lowest BCUT2D eigenvalue weighted by molar-refractivity contribution is -0.302. The summed E-state index contributed by atoms with van der Waals surface area (Å²) in [6, 6.07) is -0.826. The number of carbonyl (C=O) groups excluding carboxylic acids is 2. The van der Waals surface area contributed by atoms with Crippen LogP contribution in [0.15, 0.2) is 60.8 Å². The molecule has 82 heavy (non-hydrogen) atoms. The molecular formula is C71H129NO10. The molecule has 6 N–H and O–H groups in total. The van der Waals surface area contributed by atoms with Gasteiger partial charge < -0.3 is 45.1 Å². The Kier molecular flexibility index (Phi) is 56.7. The highest BCUT2D eigenvalue weighted by Gasteiger charge is 2.44. The average Bonchev–Trinajstić information content (AvgIpc) is 3.63. The van der Waals surface area contributed by atoms with Crippen LogP contribution in [0, 0.1) is 0 Å². The highest BCUT2D eigenvalue weighted by atomic mass is 16.7. The maximum Gasteiger partial charge on any atom is 0.305 e. The lowest BCUT2D eigenvalue weighted by Crippen LogP contribution is -2.60. The minimum atomic E-state index is -1.58. The Hall–Kier alpha value is -2.64. The van der Waals surface area contributed by atoms with Crippen molar-refractivity contribution in [2.45, 2.75) is 358 Å². The molecule has 1 amide bonds. The van der Waals surface area contributed by atoms with E-state index in [1.807, 2.05) is 6.08 Å². The van der Waals surface area contributed by atoms with Gasteiger partial charge in [0.1, 0.15) is 24.4 Å². The van der Waals surface area contributed by atoms with E-state index in [0.29, 0.717) is 19.4 Å². The summed E-state index contributed by atoms with van der Waals surface area (Å²) in [4.78, 5) is 25.1. The number of aliphatic hydroxyl groups excluding tert-OH is 5. The summed E-state index contributed by atoms with van der Waals surface area (Å²) in [5.41, 5.74) is 0. The molecule has 0 aliphatic carbocycles. The van der Waals surface area contributed by atoms with Gasteiger partial charge in [0.25, 0.3) is 0 Å². The van der Waals surface area contributed by atoms with Crippen molar-refractivity contribution in [1.82, 2.24) is 5.32 Å². The van der Waals surface area contributed by atoms with Crippen molar-refractivity contribution >= 4 is 11.9 Å². The van der Waals surface area contributed by atoms with Crippen LogP contribution in [0.4, 0.5) is 0 Å². The third-order valence-electron chi connectivity index (χ3n) is 16.1. The Morgan fingerprint density at radius 1 is 0.451 bits per heavy atom. The van der Waals surface area contributed by atoms with Crippen LogP contribution >= 0.6 is 0 Å². The van der Waals surface area contributed by atoms with Crippen LogP contribution in [0.5, 0.6) is 0 Å². The lowest BCUT2D eigenvalue weighted by Gasteiger charge is -2.40. The van der Waals surface area contributed by atoms with Crippen molar-refractivity contribution in [3.63, 3.8) is 0 Å². The van der Waals surface area contributed by atoms with Gasteiger partial charge in [0.15, 0.2) is 6.29 Å². The summed E-state index contributed by atoms with van der Waals surface area (Å²) in [6.07, 6.45) is 69.4. The zero-order valence-corrected chi connectivity index (χ0v) is 52.9. The van der Waals surface area contributed by atoms with Crippen LogP contribution in [0.25, 0.3) is 0 Å². The highest BCUT2D eigenvalue weighted by molar-refractivity contribution is 5.76. The number of nitrogens with one attached hydrogen (secondary N) is 1. The smallest absolute Gasteiger partial charge is 0.305 e. The Morgan fingerprint density at radius 2 is 0.829 bits per heavy atom. The van der Waals surface area contributed by atoms with E-state index in [4.69, 9.17) is 14.2 Å². The van der Waals surface area contributed by atoms with E-state index in [0.717, 1.165) is 64.2 Å². The molecule has 0 bridgehead atoms. The van der Waals surface area contributed by atoms with Gasteiger partial charge in [-0.3, -0.25) is 9.59 Å². The Labute approximate surface area is 503 Å². The average molecular weight is 1160 g/mol. The van der Waals surface area contributed by atoms with Gasteiger partial charge in [0.2, 0.25) is 5.91 Å². The number of ether oxygens (including phenoxy) is 3. The van der Waals surface area contributed by atoms with E-state index in [2.05, 4.69) is 67.8 Å². The standard InChI is InChI=1S/C71H129NO10/c1-3-5-7-9-11-13-14-15-32-36-39-43-47-51-55-59-67(76)80-60-56-52-48-44-40-37-34-31-29-27-25-23-21-19-17-16-18-20-22-24-26-28-30-33-35-38-42-46-50-54-58-66(75)72-63(64(74)57-53-49-45-41-12-10-8-6-4-2)62-81-71-70(79)69(78)68(77)65(61-73)82-71/h11-13,15,17,19,32,41,53,57,63-65,68-71,73-74,77-79H,3-10,14,16,18,20-31,33-40,42-52,54-56,58-62H2,1-2H3,(H,72,75)/b13-11-,19-17-,32-15-,41-12+,57-53+. The summed E-state index contributed by atoms with van der Waals surface area (Å²) in [5, 5.41) is 54.2. The Morgan fingerprint density at radius 3 is 1.28 bits per heavy atom. The van der Waals surface area contributed by atoms with Crippen molar-refractivity contribution in [3.05, 3.63) is 60.8 Å². The monoisotopic (exact) mass is 1160 g/mol. The number of unbranched alkanes of at least 4 members (excludes halogenated alkanes) is 38. The third-order valence-corrected chi connectivity index (χ3v) is 16.1. The van der Waals surface area contributed by atoms with Gasteiger partial charge in [-0.2, -0.15) is 0 Å². The van der Waals surface area contributed by atoms with E-state index in [1.165, 1.54) is 225 Å². The molecule has 1 aliphatic heterocycles. The van der Waals surface area contributed by atoms with Crippen LogP contribution in [0.3, 0.4) is 0 Å². The fraction of sp³-hybridized carbons (Fsp3) is 0.831. The highest BCUT2D eigenvalue weighted by Crippen LogP contribution is 2.23. The van der Waals surface area contributed by atoms with Gasteiger partial charge in [-0.15, -0.1) is 0 Å². The van der Waals surface area contributed by atoms with Crippen molar-refractivity contribution in [2.75, 3.05) is 19.8 Å². The fourth-order valence-corrected chi connectivity index (χ4v) is 10.6. The summed E-state index contributed by atoms with van der Waals surface area (Å²) in [6.45, 7) is 4.26. The van der Waals surface area contributed by atoms with E-state index < -0.39 is 49.5 Å². The van der Waals surface area contributed by atoms with E-state index in [-0.39, 0.29) is 18.5 Å². The van der Waals surface area contributed by atoms with Gasteiger partial charge >= 0.3 is 5.97 Å². The van der Waals surface area contributed by atoms with Gasteiger partial charge in [-0.25, -0.2) is 0 Å². The van der Waals surface area contributed by atoms with Crippen LogP contribution in [-0.2, 0) is 23.8 Å². The molecule has 1 heterocycles. The van der Waals surface area contributed by atoms with Gasteiger partial charge in [-0.05, 0) is 103 Å². The molecule has 11 heteroatoms. The molecule has 0 spiro atoms. The first-order chi connectivity index (χ1) is 40.2. The largest absolute Gasteiger partial charge is 0.466 e. The second-order valence-electron chi connectivity index (χ2n) is 23.9. The first-order valence-corrected chi connectivity index (χ1v) is 34.6. The maximum absolute atomic E-state index is 13.0. The van der Waals surface area contributed by atoms with Crippen molar-refractivity contribution in [3.8, 4) is 0 Å². The quantitative estimate of drug-likeness (QED) is 0.0195. The predicted octanol–water partition coefficient (Wildman–Crippen LogP) is 17.3. The molecule has 0 aromatic rings. The molecule has 1 rings (SSSR count). The third kappa shape index (κ3) is 48.6. The molecule has 7 atom stereocenters. The van der Waals surface area contributed by atoms with Crippen LogP contribution in [0.1, 0.15) is 316 Å². The molecule has 0 aromatic heterocycles. The number of aliphatic hydroxyl groups is 5. The maximum atomic E-state index is 13.0. The van der Waals surface area contributed by atoms with Crippen molar-refractivity contribution in [2.24, 2.45) is 0 Å². The normalized spacial score (nSPS) is 18.5. The zero-order chi connectivity index (χ0) is 59.5. The lowest BCUT2D eigenvalue weighted by atomic mass is 9.99. The number of amides is 1. The molecule has 1 saturated heterocycles. The SMILES string of the molecule is CCCCC/C=C\C/C=C\CCCCCCCC(=O)OCCCCCCCCCCCCCC/C=C\CCCCCCCCCCCCCCCCC(=O)NC(COC1OC(CO)C(O)C(O)C1O)C(O)/C=C/CC/C=C/CCCCC. The molecule has 0 saturated carbocycles. The number of hydrogen-bond acceptors (Lipinski definition) is 10. The summed E-state index contributed by atoms with van der Waals surface area (Å²) < 4.78 is 16.7. The molecule has 0 radical (unpaired) electrons. The molecule has 7 unspecified atom stereocenters. The van der Waals surface area contributed by atoms with Crippen LogP contribution in [0.2, 0.25) is 0 Å². The molecule has 1 aliphatic rings. The van der Waals surface area contributed by atoms with Gasteiger partial charge in [0.05, 0.1) is 32.0 Å². The molecule has 11 nitrogen and oxygen atoms in total. The Balaban J connectivity index is 1.92. The van der Waals surface area contributed by atoms with Gasteiger partial charge in [0, 0.05) is 12.8 Å². The minimum absolute atomic E-state index is 0.00590. The van der Waals surface area contributed by atoms with Crippen LogP contribution in [-0.4, -0.2) is 100 Å². The Bertz CT molecular complexity index is 1550. The summed E-state index contributed by atoms with van der Waals surface area (Å²) in [7, 11) is 0. The minimum Gasteiger partial charge on any atom is -0.466 e. The second-order valence-corrected chi connectivity index (χ2v) is 23.9. The zero-order valence-electron chi connectivity index (χ0n) is 52.9. The first-order valence-electron chi connectivity index (χ1n) is 34.6. The van der Waals surface area contributed by atoms with Gasteiger partial charge in [-0.1, -0.05) is 261 Å². The molecular weight excluding hydrogens is 1030 g/mol. The molecule has 478 valence electrons.